The van der Waals surface area contributed by atoms with E-state index < -0.39 is 0 Å². The highest BCUT2D eigenvalue weighted by molar-refractivity contribution is 6.69. The molecule has 248 valence electrons. The average molecular weight is 698 g/mol. The Morgan fingerprint density at radius 1 is 0.304 bits per heavy atom. The van der Waals surface area contributed by atoms with Crippen molar-refractivity contribution in [3.05, 3.63) is 164 Å². The van der Waals surface area contributed by atoms with Crippen LogP contribution in [0.25, 0.3) is 99.1 Å². The van der Waals surface area contributed by atoms with Gasteiger partial charge in [0.05, 0.1) is 0 Å². The van der Waals surface area contributed by atoms with Crippen molar-refractivity contribution in [3.63, 3.8) is 0 Å². The maximum Gasteiger partial charge on any atom is 0.143 e. The molecule has 9 aromatic carbocycles. The van der Waals surface area contributed by atoms with Crippen molar-refractivity contribution in [1.29, 1.82) is 0 Å². The number of benzene rings is 9. The van der Waals surface area contributed by atoms with Gasteiger partial charge in [-0.05, 0) is 89.8 Å². The molecule has 10 aromatic rings. The Kier molecular flexibility index (Phi) is 8.19. The first-order valence-electron chi connectivity index (χ1n) is 18.5. The third-order valence-electron chi connectivity index (χ3n) is 11.2. The van der Waals surface area contributed by atoms with Crippen LogP contribution in [0.1, 0.15) is 0 Å². The fourth-order valence-corrected chi connectivity index (χ4v) is 8.42. The molecule has 1 heterocycles. The highest BCUT2D eigenvalue weighted by Gasteiger charge is 2.22. The second kappa shape index (κ2) is 13.4. The van der Waals surface area contributed by atoms with Crippen LogP contribution in [0.5, 0.6) is 0 Å². The van der Waals surface area contributed by atoms with E-state index in [1.54, 1.807) is 0 Å². The zero-order chi connectivity index (χ0) is 38.1. The second-order valence-electron chi connectivity index (χ2n) is 14.3. The summed E-state index contributed by atoms with van der Waals surface area (Å²) in [4.78, 5) is 0. The van der Waals surface area contributed by atoms with Gasteiger partial charge in [-0.15, -0.1) is 16.4 Å². The van der Waals surface area contributed by atoms with Gasteiger partial charge in [0, 0.05) is 16.3 Å². The van der Waals surface area contributed by atoms with Crippen molar-refractivity contribution >= 4 is 110 Å². The molecule has 0 aliphatic rings. The van der Waals surface area contributed by atoms with Gasteiger partial charge < -0.3 is 4.42 Å². The monoisotopic (exact) mass is 698 g/mol. The number of rotatable bonds is 5. The van der Waals surface area contributed by atoms with Gasteiger partial charge in [-0.25, -0.2) is 0 Å². The minimum atomic E-state index is 0.191. The van der Waals surface area contributed by atoms with E-state index in [0.717, 1.165) is 82.4 Å². The molecule has 0 unspecified atom stereocenters. The van der Waals surface area contributed by atoms with Gasteiger partial charge in [0.25, 0.3) is 0 Å². The van der Waals surface area contributed by atoms with Crippen molar-refractivity contribution in [3.8, 4) is 55.6 Å². The van der Waals surface area contributed by atoms with Gasteiger partial charge in [-0.1, -0.05) is 157 Å². The second-order valence-corrected chi connectivity index (χ2v) is 14.3. The number of furan rings is 1. The first-order valence-corrected chi connectivity index (χ1v) is 18.5. The maximum absolute atomic E-state index is 6.83. The molecule has 0 bridgehead atoms. The predicted octanol–water partition coefficient (Wildman–Crippen LogP) is 8.20. The maximum atomic E-state index is 6.83. The van der Waals surface area contributed by atoms with Crippen molar-refractivity contribution in [2.24, 2.45) is 0 Å². The van der Waals surface area contributed by atoms with E-state index in [1.165, 1.54) is 11.1 Å². The van der Waals surface area contributed by atoms with Crippen LogP contribution < -0.4 is 27.3 Å². The molecule has 6 heteroatoms. The average Bonchev–Trinajstić information content (AvgIpc) is 3.64. The van der Waals surface area contributed by atoms with Crippen molar-refractivity contribution in [2.75, 3.05) is 0 Å². The van der Waals surface area contributed by atoms with Crippen molar-refractivity contribution in [1.82, 2.24) is 0 Å². The van der Waals surface area contributed by atoms with Gasteiger partial charge >= 0.3 is 0 Å². The van der Waals surface area contributed by atoms with E-state index in [2.05, 4.69) is 140 Å². The molecular weight excluding hydrogens is 671 g/mol. The molecule has 56 heavy (non-hydrogen) atoms. The summed E-state index contributed by atoms with van der Waals surface area (Å²) < 4.78 is 6.83. The predicted molar refractivity (Wildman–Crippen MR) is 243 cm³/mol. The Labute approximate surface area is 332 Å². The standard InChI is InChI=1S/C50H27B5O/c51-45-44(46(52)48(54)49(55)47(45)53)42-37-17-9-7-15-35(37)41(36-16-8-10-18-38(36)42)32-23-26-40-39(27-32)43-33(24-25-34(50(43)56-40)30-13-5-2-6-14-30)31-21-19-29(20-22-31)28-11-3-1-4-12-28/h1-27H. The quantitative estimate of drug-likeness (QED) is 0.131. The fraction of sp³-hybridized carbons (Fsp3) is 0. The normalized spacial score (nSPS) is 11.6. The SMILES string of the molecule is [B]c1c([B])c([B])c(-c2c3ccccc3c(-c3ccc4oc5c(-c6ccccc6)ccc(-c6ccc(-c7ccccc7)cc6)c5c4c3)c3ccccc23)c([B])c1[B]. The highest BCUT2D eigenvalue weighted by atomic mass is 16.3. The van der Waals surface area contributed by atoms with E-state index >= 15 is 0 Å². The van der Waals surface area contributed by atoms with Crippen LogP contribution in [0.2, 0.25) is 0 Å². The largest absolute Gasteiger partial charge is 0.455 e. The van der Waals surface area contributed by atoms with E-state index in [1.807, 2.05) is 24.3 Å². The summed E-state index contributed by atoms with van der Waals surface area (Å²) in [7, 11) is 32.5. The Bertz CT molecular complexity index is 3080. The van der Waals surface area contributed by atoms with E-state index in [4.69, 9.17) is 43.6 Å². The third kappa shape index (κ3) is 5.31. The molecule has 0 spiro atoms. The van der Waals surface area contributed by atoms with Crippen LogP contribution in [-0.4, -0.2) is 39.2 Å². The lowest BCUT2D eigenvalue weighted by atomic mass is 9.59. The Morgan fingerprint density at radius 3 is 1.32 bits per heavy atom. The lowest BCUT2D eigenvalue weighted by Gasteiger charge is -2.25. The summed E-state index contributed by atoms with van der Waals surface area (Å²) in [5.74, 6) is 0. The third-order valence-corrected chi connectivity index (χ3v) is 11.2. The van der Waals surface area contributed by atoms with Crippen LogP contribution in [0.4, 0.5) is 0 Å². The summed E-state index contributed by atoms with van der Waals surface area (Å²) >= 11 is 0. The lowest BCUT2D eigenvalue weighted by molar-refractivity contribution is 0.670. The number of fused-ring (bicyclic) bond motifs is 5. The van der Waals surface area contributed by atoms with Gasteiger partial charge in [0.2, 0.25) is 0 Å². The molecule has 1 aromatic heterocycles. The summed E-state index contributed by atoms with van der Waals surface area (Å²) in [5.41, 5.74) is 13.2. The van der Waals surface area contributed by atoms with Crippen molar-refractivity contribution < 1.29 is 4.42 Å². The molecule has 0 N–H and O–H groups in total. The van der Waals surface area contributed by atoms with Crippen LogP contribution in [0.3, 0.4) is 0 Å². The molecule has 0 saturated heterocycles. The van der Waals surface area contributed by atoms with Crippen LogP contribution in [0.15, 0.2) is 168 Å². The summed E-state index contributed by atoms with van der Waals surface area (Å²) in [5, 5.41) is 6.08. The molecule has 0 amide bonds. The zero-order valence-electron chi connectivity index (χ0n) is 30.4. The molecule has 0 aliphatic carbocycles. The smallest absolute Gasteiger partial charge is 0.143 e. The Morgan fingerprint density at radius 2 is 0.732 bits per heavy atom. The van der Waals surface area contributed by atoms with Gasteiger partial charge in [0.15, 0.2) is 0 Å². The van der Waals surface area contributed by atoms with E-state index in [0.29, 0.717) is 16.5 Å². The van der Waals surface area contributed by atoms with Crippen LogP contribution in [-0.2, 0) is 0 Å². The van der Waals surface area contributed by atoms with Crippen LogP contribution >= 0.6 is 0 Å². The number of hydrogen-bond acceptors (Lipinski definition) is 1. The number of hydrogen-bond donors (Lipinski definition) is 0. The van der Waals surface area contributed by atoms with Gasteiger partial charge in [-0.2, -0.15) is 0 Å². The molecule has 0 atom stereocenters. The summed E-state index contributed by atoms with van der Waals surface area (Å²) in [6.45, 7) is 0. The zero-order valence-corrected chi connectivity index (χ0v) is 30.4. The fourth-order valence-electron chi connectivity index (χ4n) is 8.42. The summed E-state index contributed by atoms with van der Waals surface area (Å²) in [6.07, 6.45) is 0. The minimum Gasteiger partial charge on any atom is -0.455 e. The Hall–Kier alpha value is -6.38. The van der Waals surface area contributed by atoms with E-state index in [-0.39, 0.29) is 16.4 Å². The summed E-state index contributed by atoms with van der Waals surface area (Å²) in [6, 6.07) is 57.2. The molecule has 0 fully saturated rings. The van der Waals surface area contributed by atoms with Gasteiger partial charge in [0.1, 0.15) is 50.4 Å². The molecule has 0 saturated carbocycles. The molecular formula is C50H27B5O. The van der Waals surface area contributed by atoms with Gasteiger partial charge in [-0.3, -0.25) is 0 Å². The molecule has 10 rings (SSSR count). The highest BCUT2D eigenvalue weighted by Crippen LogP contribution is 2.46. The molecule has 0 aliphatic heterocycles. The van der Waals surface area contributed by atoms with E-state index in [9.17, 15) is 0 Å². The minimum absolute atomic E-state index is 0.191. The first kappa shape index (κ1) is 34.1. The van der Waals surface area contributed by atoms with Crippen LogP contribution in [0, 0.1) is 0 Å². The lowest BCUT2D eigenvalue weighted by Crippen LogP contribution is -2.55. The first-order chi connectivity index (χ1) is 27.4. The molecule has 10 radical (unpaired) electrons. The molecule has 1 nitrogen and oxygen atoms in total. The topological polar surface area (TPSA) is 13.1 Å². The Balaban J connectivity index is 1.25. The van der Waals surface area contributed by atoms with Crippen molar-refractivity contribution in [2.45, 2.75) is 0 Å².